The monoisotopic (exact) mass is 257 g/mol. The molecule has 1 radical (unpaired) electrons. The number of rotatable bonds is 5. The number of nitrogens with one attached hydrogen (secondary N) is 2. The zero-order chi connectivity index (χ0) is 13.7. The third kappa shape index (κ3) is 3.93. The standard InChI is InChI=1S/C14H17N4O/c1-10-2-4-11(5-3-10)7-17-14(19)13(15)6-12-8-16-9-18-12/h2-5,8-9,13H,1,6-7,15H2,(H,16,18)(H,17,19)/t13-/m0/s1. The second-order valence-electron chi connectivity index (χ2n) is 4.41. The molecule has 4 N–H and O–H groups in total. The number of hydrogen-bond donors (Lipinski definition) is 3. The molecule has 0 aliphatic heterocycles. The number of imidazole rings is 1. The first-order valence-corrected chi connectivity index (χ1v) is 6.07. The molecule has 2 rings (SSSR count). The summed E-state index contributed by atoms with van der Waals surface area (Å²) in [6, 6.07) is 7.09. The van der Waals surface area contributed by atoms with Crippen molar-refractivity contribution in [3.05, 3.63) is 60.5 Å². The summed E-state index contributed by atoms with van der Waals surface area (Å²) in [6.45, 7) is 4.28. The molecule has 0 spiro atoms. The summed E-state index contributed by atoms with van der Waals surface area (Å²) in [4.78, 5) is 18.7. The molecule has 0 unspecified atom stereocenters. The normalized spacial score (nSPS) is 12.1. The molecule has 0 aliphatic carbocycles. The number of amides is 1. The molecule has 1 aromatic heterocycles. The number of carbonyl (C=O) groups is 1. The second-order valence-corrected chi connectivity index (χ2v) is 4.41. The Hall–Kier alpha value is -2.14. The molecule has 19 heavy (non-hydrogen) atoms. The van der Waals surface area contributed by atoms with E-state index in [2.05, 4.69) is 22.2 Å². The van der Waals surface area contributed by atoms with Crippen LogP contribution in [0.3, 0.4) is 0 Å². The molecule has 0 saturated carbocycles. The number of nitrogens with zero attached hydrogens (tertiary/aromatic N) is 1. The zero-order valence-electron chi connectivity index (χ0n) is 10.6. The fraction of sp³-hybridized carbons (Fsp3) is 0.214. The summed E-state index contributed by atoms with van der Waals surface area (Å²) < 4.78 is 0. The van der Waals surface area contributed by atoms with Crippen LogP contribution in [-0.4, -0.2) is 21.9 Å². The summed E-state index contributed by atoms with van der Waals surface area (Å²) in [5.74, 6) is -0.179. The number of nitrogens with two attached hydrogens (primary N) is 1. The average molecular weight is 257 g/mol. The fourth-order valence-corrected chi connectivity index (χ4v) is 1.70. The zero-order valence-corrected chi connectivity index (χ0v) is 10.6. The van der Waals surface area contributed by atoms with E-state index in [0.717, 1.165) is 16.8 Å². The van der Waals surface area contributed by atoms with E-state index in [1.165, 1.54) is 0 Å². The van der Waals surface area contributed by atoms with Gasteiger partial charge in [-0.15, -0.1) is 0 Å². The van der Waals surface area contributed by atoms with Crippen LogP contribution >= 0.6 is 0 Å². The van der Waals surface area contributed by atoms with Gasteiger partial charge < -0.3 is 16.0 Å². The minimum Gasteiger partial charge on any atom is -0.351 e. The quantitative estimate of drug-likeness (QED) is 0.740. The van der Waals surface area contributed by atoms with Gasteiger partial charge in [-0.3, -0.25) is 4.79 Å². The predicted octanol–water partition coefficient (Wildman–Crippen LogP) is 0.778. The Labute approximate surface area is 112 Å². The maximum atomic E-state index is 11.8. The third-order valence-corrected chi connectivity index (χ3v) is 2.81. The molecule has 0 fully saturated rings. The van der Waals surface area contributed by atoms with E-state index in [9.17, 15) is 4.79 Å². The van der Waals surface area contributed by atoms with E-state index < -0.39 is 6.04 Å². The first-order valence-electron chi connectivity index (χ1n) is 6.07. The molecule has 1 heterocycles. The number of carbonyl (C=O) groups excluding carboxylic acids is 1. The van der Waals surface area contributed by atoms with Gasteiger partial charge in [0.1, 0.15) is 0 Å². The van der Waals surface area contributed by atoms with Crippen molar-refractivity contribution in [3.8, 4) is 0 Å². The van der Waals surface area contributed by atoms with Crippen LogP contribution in [0.1, 0.15) is 16.8 Å². The minimum atomic E-state index is -0.588. The molecule has 2 aromatic rings. The summed E-state index contributed by atoms with van der Waals surface area (Å²) in [5.41, 5.74) is 8.57. The van der Waals surface area contributed by atoms with E-state index >= 15 is 0 Å². The lowest BCUT2D eigenvalue weighted by Gasteiger charge is -2.11. The van der Waals surface area contributed by atoms with Gasteiger partial charge in [-0.05, 0) is 18.1 Å². The number of aromatic amines is 1. The van der Waals surface area contributed by atoms with Crippen molar-refractivity contribution >= 4 is 5.91 Å². The van der Waals surface area contributed by atoms with Gasteiger partial charge in [0.2, 0.25) is 5.91 Å². The van der Waals surface area contributed by atoms with Crippen LogP contribution in [0.5, 0.6) is 0 Å². The summed E-state index contributed by atoms with van der Waals surface area (Å²) in [7, 11) is 0. The van der Waals surface area contributed by atoms with Crippen LogP contribution < -0.4 is 11.1 Å². The largest absolute Gasteiger partial charge is 0.351 e. The van der Waals surface area contributed by atoms with Crippen molar-refractivity contribution in [2.24, 2.45) is 5.73 Å². The SMILES string of the molecule is [CH2]c1ccc(CNC(=O)[C@@H](N)Cc2c[nH]cn2)cc1. The Balaban J connectivity index is 1.82. The van der Waals surface area contributed by atoms with Gasteiger partial charge in [0.15, 0.2) is 0 Å². The Bertz CT molecular complexity index is 519. The molecule has 5 heteroatoms. The lowest BCUT2D eigenvalue weighted by molar-refractivity contribution is -0.122. The topological polar surface area (TPSA) is 83.8 Å². The lowest BCUT2D eigenvalue weighted by Crippen LogP contribution is -2.41. The predicted molar refractivity (Wildman–Crippen MR) is 73.0 cm³/mol. The van der Waals surface area contributed by atoms with Gasteiger partial charge in [0, 0.05) is 19.2 Å². The Morgan fingerprint density at radius 3 is 2.79 bits per heavy atom. The van der Waals surface area contributed by atoms with Crippen LogP contribution in [0, 0.1) is 6.92 Å². The molecule has 0 saturated heterocycles. The molecule has 99 valence electrons. The van der Waals surface area contributed by atoms with E-state index in [-0.39, 0.29) is 5.91 Å². The number of aromatic nitrogens is 2. The van der Waals surface area contributed by atoms with Crippen molar-refractivity contribution in [1.82, 2.24) is 15.3 Å². The maximum Gasteiger partial charge on any atom is 0.237 e. The van der Waals surface area contributed by atoms with Gasteiger partial charge in [-0.2, -0.15) is 0 Å². The summed E-state index contributed by atoms with van der Waals surface area (Å²) in [5, 5.41) is 2.81. The average Bonchev–Trinajstić information content (AvgIpc) is 2.90. The molecule has 1 aromatic carbocycles. The third-order valence-electron chi connectivity index (χ3n) is 2.81. The van der Waals surface area contributed by atoms with Gasteiger partial charge >= 0.3 is 0 Å². The first kappa shape index (κ1) is 13.3. The van der Waals surface area contributed by atoms with Crippen LogP contribution in [0.4, 0.5) is 0 Å². The second kappa shape index (κ2) is 6.15. The first-order chi connectivity index (χ1) is 9.15. The van der Waals surface area contributed by atoms with Crippen molar-refractivity contribution in [1.29, 1.82) is 0 Å². The van der Waals surface area contributed by atoms with Gasteiger partial charge in [0.25, 0.3) is 0 Å². The molecular formula is C14H17N4O. The fourth-order valence-electron chi connectivity index (χ4n) is 1.70. The van der Waals surface area contributed by atoms with Crippen LogP contribution in [0.2, 0.25) is 0 Å². The molecule has 5 nitrogen and oxygen atoms in total. The van der Waals surface area contributed by atoms with E-state index in [0.29, 0.717) is 13.0 Å². The Morgan fingerprint density at radius 2 is 2.16 bits per heavy atom. The minimum absolute atomic E-state index is 0.179. The van der Waals surface area contributed by atoms with Crippen LogP contribution in [-0.2, 0) is 17.8 Å². The van der Waals surface area contributed by atoms with Crippen molar-refractivity contribution in [3.63, 3.8) is 0 Å². The van der Waals surface area contributed by atoms with Gasteiger partial charge in [-0.1, -0.05) is 24.3 Å². The van der Waals surface area contributed by atoms with E-state index in [1.54, 1.807) is 12.5 Å². The highest BCUT2D eigenvalue weighted by Gasteiger charge is 2.14. The summed E-state index contributed by atoms with van der Waals surface area (Å²) in [6.07, 6.45) is 3.73. The van der Waals surface area contributed by atoms with E-state index in [1.807, 2.05) is 24.3 Å². The highest BCUT2D eigenvalue weighted by molar-refractivity contribution is 5.81. The van der Waals surface area contributed by atoms with Gasteiger partial charge in [0.05, 0.1) is 18.1 Å². The highest BCUT2D eigenvalue weighted by atomic mass is 16.2. The molecule has 0 aliphatic rings. The van der Waals surface area contributed by atoms with Crippen molar-refractivity contribution < 1.29 is 4.79 Å². The Morgan fingerprint density at radius 1 is 1.42 bits per heavy atom. The number of hydrogen-bond acceptors (Lipinski definition) is 3. The smallest absolute Gasteiger partial charge is 0.237 e. The summed E-state index contributed by atoms with van der Waals surface area (Å²) >= 11 is 0. The van der Waals surface area contributed by atoms with E-state index in [4.69, 9.17) is 5.73 Å². The molecule has 0 bridgehead atoms. The van der Waals surface area contributed by atoms with Crippen LogP contribution in [0.15, 0.2) is 36.8 Å². The van der Waals surface area contributed by atoms with Crippen LogP contribution in [0.25, 0.3) is 0 Å². The molecule has 1 amide bonds. The van der Waals surface area contributed by atoms with Gasteiger partial charge in [-0.25, -0.2) is 4.98 Å². The number of H-pyrrole nitrogens is 1. The Kier molecular flexibility index (Phi) is 4.30. The highest BCUT2D eigenvalue weighted by Crippen LogP contribution is 2.03. The molecular weight excluding hydrogens is 240 g/mol. The number of benzene rings is 1. The van der Waals surface area contributed by atoms with Crippen molar-refractivity contribution in [2.45, 2.75) is 19.0 Å². The maximum absolute atomic E-state index is 11.8. The molecule has 1 atom stereocenters. The lowest BCUT2D eigenvalue weighted by atomic mass is 10.1. The van der Waals surface area contributed by atoms with Crippen molar-refractivity contribution in [2.75, 3.05) is 0 Å².